The summed E-state index contributed by atoms with van der Waals surface area (Å²) in [6.45, 7) is 2.13. The Morgan fingerprint density at radius 2 is 1.75 bits per heavy atom. The number of fused-ring (bicyclic) bond motifs is 1. The summed E-state index contributed by atoms with van der Waals surface area (Å²) in [4.78, 5) is 4.92. The number of aryl methyl sites for hydroxylation is 1. The zero-order chi connectivity index (χ0) is 18.5. The number of aromatic nitrogens is 2. The average molecular weight is 413 g/mol. The molecule has 0 amide bonds. The standard InChI is InChI=1S/C19H22N3.C5H5.Fe/c1-14-8-7-13-22-18(14)21-17(15-9-5-6-10-15)19(22)20-16-11-3-2-4-12-16;1-2-4-5-3-1;/h5-10,13,16,20H,2-4,11-12H2,1H3;1-5H;/q2*-1;+2. The molecule has 0 atom stereocenters. The van der Waals surface area contributed by atoms with Crippen LogP contribution in [0.5, 0.6) is 0 Å². The molecule has 0 saturated heterocycles. The Morgan fingerprint density at radius 3 is 2.39 bits per heavy atom. The summed E-state index contributed by atoms with van der Waals surface area (Å²) in [5.74, 6) is 1.15. The Labute approximate surface area is 178 Å². The van der Waals surface area contributed by atoms with Crippen molar-refractivity contribution in [2.75, 3.05) is 5.32 Å². The SMILES string of the molecule is Cc1cccn2c(NC3CCCCC3)c(-[c-]3cccc3)nc12.[Fe+2].c1cc[cH-]c1. The molecule has 28 heavy (non-hydrogen) atoms. The number of pyridine rings is 1. The van der Waals surface area contributed by atoms with Gasteiger partial charge in [0.1, 0.15) is 5.65 Å². The molecular formula is C24H27FeN3. The summed E-state index contributed by atoms with van der Waals surface area (Å²) >= 11 is 0. The third-order valence-corrected chi connectivity index (χ3v) is 5.28. The molecule has 146 valence electrons. The molecule has 0 radical (unpaired) electrons. The van der Waals surface area contributed by atoms with E-state index in [2.05, 4.69) is 59.2 Å². The van der Waals surface area contributed by atoms with Crippen LogP contribution in [0, 0.1) is 6.92 Å². The first kappa shape index (κ1) is 20.4. The van der Waals surface area contributed by atoms with Gasteiger partial charge in [0.05, 0.1) is 5.82 Å². The Hall–Kier alpha value is -2.29. The van der Waals surface area contributed by atoms with Gasteiger partial charge in [-0.15, -0.1) is 12.1 Å². The van der Waals surface area contributed by atoms with Crippen molar-refractivity contribution in [3.63, 3.8) is 0 Å². The van der Waals surface area contributed by atoms with Crippen LogP contribution in [-0.2, 0) is 17.1 Å². The van der Waals surface area contributed by atoms with Crippen LogP contribution in [0.1, 0.15) is 37.7 Å². The van der Waals surface area contributed by atoms with Gasteiger partial charge in [0.15, 0.2) is 0 Å². The minimum atomic E-state index is 0. The number of hydrogen-bond donors (Lipinski definition) is 1. The van der Waals surface area contributed by atoms with E-state index in [4.69, 9.17) is 4.98 Å². The summed E-state index contributed by atoms with van der Waals surface area (Å²) in [6.07, 6.45) is 8.68. The number of hydrogen-bond acceptors (Lipinski definition) is 2. The van der Waals surface area contributed by atoms with Gasteiger partial charge in [-0.3, -0.25) is 0 Å². The predicted molar refractivity (Wildman–Crippen MR) is 113 cm³/mol. The van der Waals surface area contributed by atoms with E-state index in [1.165, 1.54) is 43.2 Å². The number of nitrogens with one attached hydrogen (secondary N) is 1. The second-order valence-electron chi connectivity index (χ2n) is 7.31. The summed E-state index contributed by atoms with van der Waals surface area (Å²) in [5, 5.41) is 3.79. The van der Waals surface area contributed by atoms with Crippen LogP contribution >= 0.6 is 0 Å². The molecule has 0 bridgehead atoms. The molecule has 0 aliphatic heterocycles. The van der Waals surface area contributed by atoms with Gasteiger partial charge < -0.3 is 9.72 Å². The van der Waals surface area contributed by atoms with E-state index in [9.17, 15) is 0 Å². The van der Waals surface area contributed by atoms with Crippen LogP contribution in [-0.4, -0.2) is 15.4 Å². The van der Waals surface area contributed by atoms with E-state index < -0.39 is 0 Å². The average Bonchev–Trinajstić information content (AvgIpc) is 3.46. The van der Waals surface area contributed by atoms with Gasteiger partial charge in [-0.25, -0.2) is 17.1 Å². The topological polar surface area (TPSA) is 29.3 Å². The predicted octanol–water partition coefficient (Wildman–Crippen LogP) is 6.18. The summed E-state index contributed by atoms with van der Waals surface area (Å²) < 4.78 is 2.21. The number of nitrogens with zero attached hydrogens (tertiary/aromatic N) is 2. The number of anilines is 1. The van der Waals surface area contributed by atoms with Gasteiger partial charge in [-0.1, -0.05) is 30.9 Å². The molecule has 1 N–H and O–H groups in total. The monoisotopic (exact) mass is 413 g/mol. The van der Waals surface area contributed by atoms with Gasteiger partial charge in [-0.05, 0) is 31.4 Å². The van der Waals surface area contributed by atoms with Gasteiger partial charge in [0.25, 0.3) is 0 Å². The largest absolute Gasteiger partial charge is 2.00 e. The molecule has 4 heteroatoms. The van der Waals surface area contributed by atoms with Gasteiger partial charge in [0.2, 0.25) is 0 Å². The van der Waals surface area contributed by atoms with Gasteiger partial charge in [-0.2, -0.15) is 30.3 Å². The van der Waals surface area contributed by atoms with Crippen molar-refractivity contribution in [3.8, 4) is 11.3 Å². The maximum Gasteiger partial charge on any atom is 2.00 e. The van der Waals surface area contributed by atoms with Crippen LogP contribution in [0.25, 0.3) is 16.9 Å². The van der Waals surface area contributed by atoms with E-state index in [1.54, 1.807) is 0 Å². The van der Waals surface area contributed by atoms with Crippen molar-refractivity contribution in [2.24, 2.45) is 0 Å². The molecule has 2 aromatic heterocycles. The second kappa shape index (κ2) is 9.77. The van der Waals surface area contributed by atoms with Crippen LogP contribution < -0.4 is 5.32 Å². The van der Waals surface area contributed by atoms with E-state index in [1.807, 2.05) is 30.3 Å². The fourth-order valence-corrected chi connectivity index (χ4v) is 3.84. The van der Waals surface area contributed by atoms with Crippen molar-refractivity contribution in [1.29, 1.82) is 0 Å². The summed E-state index contributed by atoms with van der Waals surface area (Å²) in [6, 6.07) is 23.2. The smallest absolute Gasteiger partial charge is 0.405 e. The minimum absolute atomic E-state index is 0. The normalized spacial score (nSPS) is 14.2. The molecule has 4 aromatic rings. The zero-order valence-electron chi connectivity index (χ0n) is 16.3. The molecule has 2 heterocycles. The van der Waals surface area contributed by atoms with Crippen LogP contribution in [0.2, 0.25) is 0 Å². The number of imidazole rings is 1. The molecule has 1 saturated carbocycles. The molecule has 5 rings (SSSR count). The second-order valence-corrected chi connectivity index (χ2v) is 7.31. The van der Waals surface area contributed by atoms with Crippen molar-refractivity contribution in [2.45, 2.75) is 45.1 Å². The maximum atomic E-state index is 4.92. The van der Waals surface area contributed by atoms with Crippen molar-refractivity contribution in [3.05, 3.63) is 78.5 Å². The third-order valence-electron chi connectivity index (χ3n) is 5.28. The van der Waals surface area contributed by atoms with Crippen molar-refractivity contribution >= 4 is 11.5 Å². The molecule has 3 nitrogen and oxygen atoms in total. The first-order valence-electron chi connectivity index (χ1n) is 9.96. The Kier molecular flexibility index (Phi) is 7.13. The molecule has 0 unspecified atom stereocenters. The zero-order valence-corrected chi connectivity index (χ0v) is 17.4. The molecule has 0 spiro atoms. The Bertz CT molecular complexity index is 928. The van der Waals surface area contributed by atoms with E-state index in [0.29, 0.717) is 6.04 Å². The van der Waals surface area contributed by atoms with Crippen LogP contribution in [0.4, 0.5) is 5.82 Å². The first-order valence-corrected chi connectivity index (χ1v) is 9.96. The van der Waals surface area contributed by atoms with Crippen LogP contribution in [0.3, 0.4) is 0 Å². The van der Waals surface area contributed by atoms with Crippen molar-refractivity contribution < 1.29 is 17.1 Å². The van der Waals surface area contributed by atoms with Crippen LogP contribution in [0.15, 0.2) is 72.9 Å². The molecular weight excluding hydrogens is 386 g/mol. The van der Waals surface area contributed by atoms with Gasteiger partial charge in [0, 0.05) is 17.9 Å². The first-order chi connectivity index (χ1) is 13.3. The molecule has 1 aliphatic rings. The molecule has 2 aromatic carbocycles. The fourth-order valence-electron chi connectivity index (χ4n) is 3.84. The van der Waals surface area contributed by atoms with E-state index in [-0.39, 0.29) is 17.1 Å². The van der Waals surface area contributed by atoms with E-state index in [0.717, 1.165) is 17.2 Å². The Balaban J connectivity index is 0.000000329. The minimum Gasteiger partial charge on any atom is -0.405 e. The number of rotatable bonds is 3. The fraction of sp³-hybridized carbons (Fsp3) is 0.292. The Morgan fingerprint density at radius 1 is 1.04 bits per heavy atom. The molecule has 1 aliphatic carbocycles. The quantitative estimate of drug-likeness (QED) is 0.321. The van der Waals surface area contributed by atoms with E-state index >= 15 is 0 Å². The summed E-state index contributed by atoms with van der Waals surface area (Å²) in [5.41, 5.74) is 4.54. The summed E-state index contributed by atoms with van der Waals surface area (Å²) in [7, 11) is 0. The van der Waals surface area contributed by atoms with Gasteiger partial charge >= 0.3 is 17.1 Å². The molecule has 1 fully saturated rings. The third kappa shape index (κ3) is 4.57. The maximum absolute atomic E-state index is 4.92. The van der Waals surface area contributed by atoms with Crippen molar-refractivity contribution in [1.82, 2.24) is 9.38 Å².